The lowest BCUT2D eigenvalue weighted by Crippen LogP contribution is -2.05. The van der Waals surface area contributed by atoms with Crippen LogP contribution in [0.5, 0.6) is 5.75 Å². The number of fused-ring (bicyclic) bond motifs is 1. The molecule has 0 amide bonds. The number of rotatable bonds is 1. The van der Waals surface area contributed by atoms with Gasteiger partial charge in [-0.25, -0.2) is 4.39 Å². The first-order valence-electron chi connectivity index (χ1n) is 6.20. The van der Waals surface area contributed by atoms with E-state index >= 15 is 0 Å². The molecule has 0 aromatic heterocycles. The quantitative estimate of drug-likeness (QED) is 0.730. The van der Waals surface area contributed by atoms with Crippen molar-refractivity contribution < 1.29 is 9.13 Å². The summed E-state index contributed by atoms with van der Waals surface area (Å²) in [6.45, 7) is 4.08. The van der Waals surface area contributed by atoms with Gasteiger partial charge < -0.3 is 4.74 Å². The van der Waals surface area contributed by atoms with Crippen molar-refractivity contribution in [3.05, 3.63) is 53.3 Å². The van der Waals surface area contributed by atoms with Crippen LogP contribution >= 0.6 is 0 Å². The van der Waals surface area contributed by atoms with E-state index in [1.165, 1.54) is 11.6 Å². The Balaban J connectivity index is 2.22. The molecule has 2 aromatic rings. The fourth-order valence-corrected chi connectivity index (χ4v) is 2.57. The van der Waals surface area contributed by atoms with Crippen molar-refractivity contribution in [1.29, 1.82) is 0 Å². The van der Waals surface area contributed by atoms with Gasteiger partial charge in [0.05, 0.1) is 0 Å². The highest BCUT2D eigenvalue weighted by Gasteiger charge is 2.24. The number of ether oxygens (including phenoxy) is 1. The Kier molecular flexibility index (Phi) is 2.58. The lowest BCUT2D eigenvalue weighted by molar-refractivity contribution is 0.255. The first-order valence-corrected chi connectivity index (χ1v) is 6.20. The summed E-state index contributed by atoms with van der Waals surface area (Å²) in [4.78, 5) is 0. The van der Waals surface area contributed by atoms with Crippen LogP contribution in [0.3, 0.4) is 0 Å². The fourth-order valence-electron chi connectivity index (χ4n) is 2.57. The van der Waals surface area contributed by atoms with Crippen LogP contribution in [0.2, 0.25) is 0 Å². The van der Waals surface area contributed by atoms with Crippen molar-refractivity contribution in [3.63, 3.8) is 0 Å². The van der Waals surface area contributed by atoms with E-state index in [2.05, 4.69) is 6.07 Å². The van der Waals surface area contributed by atoms with Gasteiger partial charge in [-0.05, 0) is 37.1 Å². The zero-order valence-electron chi connectivity index (χ0n) is 10.5. The summed E-state index contributed by atoms with van der Waals surface area (Å²) in [6, 6.07) is 11.0. The largest absolute Gasteiger partial charge is 0.489 e. The van der Waals surface area contributed by atoms with E-state index in [0.29, 0.717) is 5.56 Å². The summed E-state index contributed by atoms with van der Waals surface area (Å²) in [5, 5.41) is 0. The minimum atomic E-state index is -0.201. The second-order valence-corrected chi connectivity index (χ2v) is 4.91. The second kappa shape index (κ2) is 4.13. The molecule has 1 atom stereocenters. The van der Waals surface area contributed by atoms with Crippen molar-refractivity contribution in [3.8, 4) is 16.9 Å². The molecule has 1 aliphatic rings. The molecule has 3 rings (SSSR count). The normalized spacial score (nSPS) is 17.4. The summed E-state index contributed by atoms with van der Waals surface area (Å²) in [5.41, 5.74) is 3.81. The third-order valence-electron chi connectivity index (χ3n) is 3.30. The van der Waals surface area contributed by atoms with Crippen LogP contribution in [0.1, 0.15) is 18.1 Å². The molecular formula is C16H15FO. The molecule has 0 radical (unpaired) electrons. The zero-order chi connectivity index (χ0) is 12.7. The molecule has 0 saturated heterocycles. The standard InChI is InChI=1S/C16H15FO/c1-10-7-12-9-11(2)18-16(12)14(8-10)13-5-3-4-6-15(13)17/h3-8,11H,9H2,1-2H3. The first-order chi connectivity index (χ1) is 8.65. The van der Waals surface area contributed by atoms with Gasteiger partial charge in [0, 0.05) is 17.5 Å². The highest BCUT2D eigenvalue weighted by molar-refractivity contribution is 5.74. The van der Waals surface area contributed by atoms with E-state index in [1.54, 1.807) is 12.1 Å². The predicted octanol–water partition coefficient (Wildman–Crippen LogP) is 4.12. The molecule has 0 spiro atoms. The minimum Gasteiger partial charge on any atom is -0.489 e. The molecule has 0 saturated carbocycles. The molecule has 18 heavy (non-hydrogen) atoms. The minimum absolute atomic E-state index is 0.173. The highest BCUT2D eigenvalue weighted by Crippen LogP contribution is 2.40. The molecule has 1 nitrogen and oxygen atoms in total. The van der Waals surface area contributed by atoms with Gasteiger partial charge in [-0.3, -0.25) is 0 Å². The van der Waals surface area contributed by atoms with Crippen molar-refractivity contribution >= 4 is 0 Å². The van der Waals surface area contributed by atoms with Crippen LogP contribution in [-0.4, -0.2) is 6.10 Å². The molecule has 2 heteroatoms. The van der Waals surface area contributed by atoms with Crippen molar-refractivity contribution in [2.24, 2.45) is 0 Å². The zero-order valence-corrected chi connectivity index (χ0v) is 10.5. The molecule has 1 heterocycles. The molecule has 1 aliphatic heterocycles. The fraction of sp³-hybridized carbons (Fsp3) is 0.250. The summed E-state index contributed by atoms with van der Waals surface area (Å²) in [6.07, 6.45) is 1.07. The number of halogens is 1. The van der Waals surface area contributed by atoms with E-state index in [4.69, 9.17) is 4.74 Å². The molecule has 0 fully saturated rings. The maximum Gasteiger partial charge on any atom is 0.131 e. The summed E-state index contributed by atoms with van der Waals surface area (Å²) in [7, 11) is 0. The van der Waals surface area contributed by atoms with Gasteiger partial charge >= 0.3 is 0 Å². The topological polar surface area (TPSA) is 9.23 Å². The SMILES string of the molecule is Cc1cc2c(c(-c3ccccc3F)c1)OC(C)C2. The molecule has 0 N–H and O–H groups in total. The smallest absolute Gasteiger partial charge is 0.131 e. The maximum atomic E-state index is 13.9. The first kappa shape index (κ1) is 11.3. The van der Waals surface area contributed by atoms with Crippen molar-refractivity contribution in [2.45, 2.75) is 26.4 Å². The number of aryl methyl sites for hydroxylation is 1. The lowest BCUT2D eigenvalue weighted by atomic mass is 9.97. The molecule has 0 aliphatic carbocycles. The molecule has 92 valence electrons. The van der Waals surface area contributed by atoms with Crippen LogP contribution in [-0.2, 0) is 6.42 Å². The van der Waals surface area contributed by atoms with E-state index in [0.717, 1.165) is 23.3 Å². The molecule has 2 aromatic carbocycles. The van der Waals surface area contributed by atoms with E-state index in [1.807, 2.05) is 26.0 Å². The number of benzene rings is 2. The molecule has 1 unspecified atom stereocenters. The van der Waals surface area contributed by atoms with E-state index in [-0.39, 0.29) is 11.9 Å². The lowest BCUT2D eigenvalue weighted by Gasteiger charge is -2.11. The Morgan fingerprint density at radius 2 is 1.94 bits per heavy atom. The van der Waals surface area contributed by atoms with E-state index in [9.17, 15) is 4.39 Å². The monoisotopic (exact) mass is 242 g/mol. The number of hydrogen-bond donors (Lipinski definition) is 0. The number of hydrogen-bond acceptors (Lipinski definition) is 1. The maximum absolute atomic E-state index is 13.9. The third-order valence-corrected chi connectivity index (χ3v) is 3.30. The Hall–Kier alpha value is -1.83. The van der Waals surface area contributed by atoms with Gasteiger partial charge in [-0.2, -0.15) is 0 Å². The highest BCUT2D eigenvalue weighted by atomic mass is 19.1. The van der Waals surface area contributed by atoms with Gasteiger partial charge in [-0.1, -0.05) is 24.3 Å². The van der Waals surface area contributed by atoms with Crippen LogP contribution < -0.4 is 4.74 Å². The average molecular weight is 242 g/mol. The van der Waals surface area contributed by atoms with Gasteiger partial charge in [0.15, 0.2) is 0 Å². The Morgan fingerprint density at radius 1 is 1.17 bits per heavy atom. The van der Waals surface area contributed by atoms with Crippen LogP contribution in [0.4, 0.5) is 4.39 Å². The van der Waals surface area contributed by atoms with Crippen LogP contribution in [0.25, 0.3) is 11.1 Å². The Morgan fingerprint density at radius 3 is 2.72 bits per heavy atom. The Bertz CT molecular complexity index is 604. The van der Waals surface area contributed by atoms with Gasteiger partial charge in [-0.15, -0.1) is 0 Å². The molecule has 0 bridgehead atoms. The van der Waals surface area contributed by atoms with Gasteiger partial charge in [0.2, 0.25) is 0 Å². The van der Waals surface area contributed by atoms with E-state index < -0.39 is 0 Å². The van der Waals surface area contributed by atoms with Crippen molar-refractivity contribution in [1.82, 2.24) is 0 Å². The molecular weight excluding hydrogens is 227 g/mol. The Labute approximate surface area is 106 Å². The van der Waals surface area contributed by atoms with Gasteiger partial charge in [0.1, 0.15) is 17.7 Å². The summed E-state index contributed by atoms with van der Waals surface area (Å²) in [5.74, 6) is 0.645. The summed E-state index contributed by atoms with van der Waals surface area (Å²) < 4.78 is 19.8. The predicted molar refractivity (Wildman–Crippen MR) is 70.4 cm³/mol. The summed E-state index contributed by atoms with van der Waals surface area (Å²) >= 11 is 0. The van der Waals surface area contributed by atoms with Gasteiger partial charge in [0.25, 0.3) is 0 Å². The van der Waals surface area contributed by atoms with Crippen LogP contribution in [0.15, 0.2) is 36.4 Å². The average Bonchev–Trinajstić information content (AvgIpc) is 2.69. The third kappa shape index (κ3) is 1.78. The van der Waals surface area contributed by atoms with Crippen LogP contribution in [0, 0.1) is 12.7 Å². The van der Waals surface area contributed by atoms with Crippen molar-refractivity contribution in [2.75, 3.05) is 0 Å². The second-order valence-electron chi connectivity index (χ2n) is 4.91.